The van der Waals surface area contributed by atoms with Crippen LogP contribution in [0.4, 0.5) is 13.2 Å². The topological polar surface area (TPSA) is 51.0 Å². The lowest BCUT2D eigenvalue weighted by Crippen LogP contribution is -2.44. The minimum atomic E-state index is -4.38. The fourth-order valence-electron chi connectivity index (χ4n) is 4.17. The van der Waals surface area contributed by atoms with E-state index in [0.717, 1.165) is 49.9 Å². The average molecular weight is 463 g/mol. The first-order valence-electron chi connectivity index (χ1n) is 10.8. The van der Waals surface area contributed by atoms with E-state index in [1.807, 2.05) is 15.5 Å². The largest absolute Gasteiger partial charge is 0.416 e. The van der Waals surface area contributed by atoms with Crippen molar-refractivity contribution < 1.29 is 18.0 Å². The van der Waals surface area contributed by atoms with Crippen LogP contribution >= 0.6 is 11.8 Å². The number of nitrogens with zero attached hydrogens (tertiary/aromatic N) is 4. The number of amides is 1. The van der Waals surface area contributed by atoms with Gasteiger partial charge in [-0.2, -0.15) is 13.2 Å². The molecule has 32 heavy (non-hydrogen) atoms. The Balaban J connectivity index is 1.57. The summed E-state index contributed by atoms with van der Waals surface area (Å²) >= 11 is 1.31. The second kappa shape index (κ2) is 9.52. The van der Waals surface area contributed by atoms with Gasteiger partial charge in [-0.15, -0.1) is 0 Å². The number of alkyl halides is 3. The normalized spacial score (nSPS) is 17.1. The highest BCUT2D eigenvalue weighted by atomic mass is 32.2. The molecule has 1 aromatic carbocycles. The number of aromatic nitrogens is 3. The molecule has 0 bridgehead atoms. The molecule has 1 saturated heterocycles. The third kappa shape index (κ3) is 4.92. The van der Waals surface area contributed by atoms with Crippen molar-refractivity contribution in [3.8, 4) is 0 Å². The Bertz CT molecular complexity index is 1100. The number of carbonyl (C=O) groups excluding carboxylic acids is 1. The van der Waals surface area contributed by atoms with E-state index >= 15 is 0 Å². The molecule has 0 radical (unpaired) electrons. The van der Waals surface area contributed by atoms with Crippen LogP contribution in [-0.4, -0.2) is 37.9 Å². The van der Waals surface area contributed by atoms with Crippen LogP contribution in [0.2, 0.25) is 0 Å². The Labute approximate surface area is 189 Å². The number of piperidine rings is 1. The number of imidazole rings is 1. The summed E-state index contributed by atoms with van der Waals surface area (Å²) in [5.41, 5.74) is 1.15. The first kappa shape index (κ1) is 22.6. The Morgan fingerprint density at radius 3 is 2.84 bits per heavy atom. The zero-order chi connectivity index (χ0) is 22.7. The number of benzene rings is 1. The predicted molar refractivity (Wildman–Crippen MR) is 118 cm³/mol. The van der Waals surface area contributed by atoms with Gasteiger partial charge in [-0.1, -0.05) is 36.9 Å². The van der Waals surface area contributed by atoms with Crippen molar-refractivity contribution in [1.82, 2.24) is 19.4 Å². The van der Waals surface area contributed by atoms with Crippen molar-refractivity contribution in [1.29, 1.82) is 0 Å². The minimum absolute atomic E-state index is 0.0422. The van der Waals surface area contributed by atoms with Crippen molar-refractivity contribution in [3.05, 3.63) is 53.7 Å². The number of likely N-dealkylation sites (tertiary alicyclic amines) is 1. The number of hydrogen-bond donors (Lipinski definition) is 0. The molecule has 1 atom stereocenters. The van der Waals surface area contributed by atoms with E-state index in [9.17, 15) is 18.0 Å². The van der Waals surface area contributed by atoms with Crippen molar-refractivity contribution in [2.45, 2.75) is 62.3 Å². The van der Waals surface area contributed by atoms with E-state index in [-0.39, 0.29) is 18.5 Å². The third-order valence-corrected chi connectivity index (χ3v) is 6.87. The van der Waals surface area contributed by atoms with Gasteiger partial charge in [-0.3, -0.25) is 4.79 Å². The van der Waals surface area contributed by atoms with Gasteiger partial charge in [-0.25, -0.2) is 9.97 Å². The molecule has 4 rings (SSSR count). The summed E-state index contributed by atoms with van der Waals surface area (Å²) in [6.07, 6.45) is 1.35. The lowest BCUT2D eigenvalue weighted by Gasteiger charge is -2.35. The molecule has 1 aliphatic rings. The van der Waals surface area contributed by atoms with Crippen molar-refractivity contribution in [3.63, 3.8) is 0 Å². The van der Waals surface area contributed by atoms with Gasteiger partial charge in [0, 0.05) is 24.5 Å². The van der Waals surface area contributed by atoms with E-state index in [1.54, 1.807) is 18.3 Å². The van der Waals surface area contributed by atoms with Gasteiger partial charge in [0.25, 0.3) is 0 Å². The zero-order valence-corrected chi connectivity index (χ0v) is 18.6. The molecule has 170 valence electrons. The summed E-state index contributed by atoms with van der Waals surface area (Å²) in [7, 11) is 0. The molecule has 1 amide bonds. The number of rotatable bonds is 6. The molecule has 5 nitrogen and oxygen atoms in total. The molecule has 0 N–H and O–H groups in total. The van der Waals surface area contributed by atoms with Crippen LogP contribution in [0.15, 0.2) is 47.8 Å². The van der Waals surface area contributed by atoms with Gasteiger partial charge in [0.1, 0.15) is 6.54 Å². The summed E-state index contributed by atoms with van der Waals surface area (Å²) in [6, 6.07) is 9.21. The molecule has 3 aromatic rings. The van der Waals surface area contributed by atoms with Crippen LogP contribution in [0.3, 0.4) is 0 Å². The maximum Gasteiger partial charge on any atom is 0.416 e. The fraction of sp³-hybridized carbons (Fsp3) is 0.435. The molecule has 1 unspecified atom stereocenters. The van der Waals surface area contributed by atoms with Gasteiger partial charge in [0.2, 0.25) is 5.91 Å². The number of fused-ring (bicyclic) bond motifs is 1. The molecule has 0 saturated carbocycles. The number of pyridine rings is 1. The maximum atomic E-state index is 13.2. The lowest BCUT2D eigenvalue weighted by atomic mass is 10.00. The first-order chi connectivity index (χ1) is 15.4. The average Bonchev–Trinajstić information content (AvgIpc) is 3.14. The van der Waals surface area contributed by atoms with E-state index < -0.39 is 11.7 Å². The monoisotopic (exact) mass is 462 g/mol. The van der Waals surface area contributed by atoms with Crippen LogP contribution in [0.5, 0.6) is 0 Å². The van der Waals surface area contributed by atoms with Crippen molar-refractivity contribution >= 4 is 28.8 Å². The Hall–Kier alpha value is -2.55. The molecule has 1 fully saturated rings. The summed E-state index contributed by atoms with van der Waals surface area (Å²) in [4.78, 5) is 24.0. The summed E-state index contributed by atoms with van der Waals surface area (Å²) < 4.78 is 41.0. The van der Waals surface area contributed by atoms with Gasteiger partial charge < -0.3 is 9.47 Å². The SMILES string of the molecule is CCC1CCCCN1C(=O)Cn1c(SCc2cccc(C(F)(F)F)c2)nc2ncccc21. The van der Waals surface area contributed by atoms with E-state index in [0.29, 0.717) is 22.1 Å². The van der Waals surface area contributed by atoms with E-state index in [4.69, 9.17) is 0 Å². The fourth-order valence-corrected chi connectivity index (χ4v) is 5.11. The molecule has 0 aliphatic carbocycles. The number of thioether (sulfide) groups is 1. The quantitative estimate of drug-likeness (QED) is 0.452. The Morgan fingerprint density at radius 1 is 1.22 bits per heavy atom. The molecule has 9 heteroatoms. The smallest absolute Gasteiger partial charge is 0.338 e. The Morgan fingerprint density at radius 2 is 2.06 bits per heavy atom. The summed E-state index contributed by atoms with van der Waals surface area (Å²) in [6.45, 7) is 3.00. The van der Waals surface area contributed by atoms with Crippen LogP contribution in [0, 0.1) is 0 Å². The third-order valence-electron chi connectivity index (χ3n) is 5.82. The predicted octanol–water partition coefficient (Wildman–Crippen LogP) is 5.53. The highest BCUT2D eigenvalue weighted by molar-refractivity contribution is 7.98. The molecule has 3 heterocycles. The molecular formula is C23H25F3N4OS. The van der Waals surface area contributed by atoms with Crippen LogP contribution in [-0.2, 0) is 23.3 Å². The number of carbonyl (C=O) groups is 1. The molecule has 0 spiro atoms. The van der Waals surface area contributed by atoms with E-state index in [1.165, 1.54) is 17.8 Å². The lowest BCUT2D eigenvalue weighted by molar-refractivity contribution is -0.137. The zero-order valence-electron chi connectivity index (χ0n) is 17.8. The second-order valence-electron chi connectivity index (χ2n) is 7.96. The van der Waals surface area contributed by atoms with Crippen molar-refractivity contribution in [2.24, 2.45) is 0 Å². The minimum Gasteiger partial charge on any atom is -0.338 e. The van der Waals surface area contributed by atoms with Crippen LogP contribution in [0.25, 0.3) is 11.2 Å². The number of halogens is 3. The standard InChI is InChI=1S/C23H25F3N4OS/c1-2-18-9-3-4-12-29(18)20(31)14-30-19-10-6-11-27-21(19)28-22(30)32-15-16-7-5-8-17(13-16)23(24,25)26/h5-8,10-11,13,18H,2-4,9,12,14-15H2,1H3. The first-order valence-corrected chi connectivity index (χ1v) is 11.7. The highest BCUT2D eigenvalue weighted by Crippen LogP contribution is 2.32. The van der Waals surface area contributed by atoms with Gasteiger partial charge in [-0.05, 0) is 49.4 Å². The molecule has 2 aromatic heterocycles. The van der Waals surface area contributed by atoms with Crippen molar-refractivity contribution in [2.75, 3.05) is 6.54 Å². The van der Waals surface area contributed by atoms with Crippen LogP contribution < -0.4 is 0 Å². The molecular weight excluding hydrogens is 437 g/mol. The van der Waals surface area contributed by atoms with Gasteiger partial charge in [0.05, 0.1) is 11.1 Å². The highest BCUT2D eigenvalue weighted by Gasteiger charge is 2.30. The Kier molecular flexibility index (Phi) is 6.74. The van der Waals surface area contributed by atoms with E-state index in [2.05, 4.69) is 16.9 Å². The number of hydrogen-bond acceptors (Lipinski definition) is 4. The van der Waals surface area contributed by atoms with Crippen LogP contribution in [0.1, 0.15) is 43.7 Å². The van der Waals surface area contributed by atoms with Gasteiger partial charge in [0.15, 0.2) is 10.8 Å². The second-order valence-corrected chi connectivity index (χ2v) is 8.90. The summed E-state index contributed by atoms with van der Waals surface area (Å²) in [5, 5.41) is 0.578. The molecule has 1 aliphatic heterocycles. The summed E-state index contributed by atoms with van der Waals surface area (Å²) in [5.74, 6) is 0.351. The van der Waals surface area contributed by atoms with Gasteiger partial charge >= 0.3 is 6.18 Å². The maximum absolute atomic E-state index is 13.2.